The lowest BCUT2D eigenvalue weighted by atomic mass is 9.53. The maximum absolute atomic E-state index is 13.1. The summed E-state index contributed by atoms with van der Waals surface area (Å²) in [4.78, 5) is 13.1. The van der Waals surface area contributed by atoms with Gasteiger partial charge in [-0.2, -0.15) is 0 Å². The lowest BCUT2D eigenvalue weighted by Gasteiger charge is -2.56. The van der Waals surface area contributed by atoms with E-state index in [0.29, 0.717) is 11.5 Å². The molecular formula is C23H28N2O3. The average Bonchev–Trinajstić information content (AvgIpc) is 2.99. The lowest BCUT2D eigenvalue weighted by Crippen LogP contribution is -2.60. The van der Waals surface area contributed by atoms with Gasteiger partial charge in [0.15, 0.2) is 5.69 Å². The second-order valence-electron chi connectivity index (χ2n) is 9.32. The van der Waals surface area contributed by atoms with Gasteiger partial charge in [0.1, 0.15) is 18.1 Å². The Bertz CT molecular complexity index is 866. The fourth-order valence-corrected chi connectivity index (χ4v) is 6.16. The van der Waals surface area contributed by atoms with E-state index in [1.807, 2.05) is 38.1 Å². The van der Waals surface area contributed by atoms with Crippen molar-refractivity contribution in [2.45, 2.75) is 64.5 Å². The van der Waals surface area contributed by atoms with Crippen molar-refractivity contribution < 1.29 is 14.1 Å². The molecule has 1 aromatic carbocycles. The number of nitrogens with zero attached hydrogens (tertiary/aromatic N) is 1. The second kappa shape index (κ2) is 6.64. The number of amides is 1. The van der Waals surface area contributed by atoms with E-state index < -0.39 is 0 Å². The molecular weight excluding hydrogens is 352 g/mol. The van der Waals surface area contributed by atoms with Gasteiger partial charge in [-0.25, -0.2) is 0 Å². The molecule has 4 aliphatic rings. The topological polar surface area (TPSA) is 64.4 Å². The van der Waals surface area contributed by atoms with Crippen LogP contribution in [-0.4, -0.2) is 16.6 Å². The zero-order valence-electron chi connectivity index (χ0n) is 16.7. The highest BCUT2D eigenvalue weighted by atomic mass is 16.5. The maximum atomic E-state index is 13.1. The number of aromatic nitrogens is 1. The van der Waals surface area contributed by atoms with E-state index in [0.717, 1.165) is 53.9 Å². The number of rotatable bonds is 5. The van der Waals surface area contributed by atoms with Crippen molar-refractivity contribution in [1.29, 1.82) is 0 Å². The van der Waals surface area contributed by atoms with Crippen LogP contribution in [-0.2, 0) is 6.61 Å². The van der Waals surface area contributed by atoms with Gasteiger partial charge < -0.3 is 14.6 Å². The minimum atomic E-state index is -0.110. The molecule has 0 aliphatic heterocycles. The number of benzene rings is 1. The number of hydrogen-bond donors (Lipinski definition) is 1. The molecule has 4 fully saturated rings. The predicted molar refractivity (Wildman–Crippen MR) is 105 cm³/mol. The van der Waals surface area contributed by atoms with Crippen LogP contribution in [0, 0.1) is 31.6 Å². The molecule has 0 saturated heterocycles. The maximum Gasteiger partial charge on any atom is 0.274 e. The van der Waals surface area contributed by atoms with E-state index in [1.165, 1.54) is 19.3 Å². The minimum Gasteiger partial charge on any atom is -0.489 e. The van der Waals surface area contributed by atoms with Crippen molar-refractivity contribution in [3.63, 3.8) is 0 Å². The van der Waals surface area contributed by atoms with Crippen LogP contribution in [0.4, 0.5) is 0 Å². The first-order valence-electron chi connectivity index (χ1n) is 10.5. The van der Waals surface area contributed by atoms with Crippen LogP contribution in [0.3, 0.4) is 0 Å². The quantitative estimate of drug-likeness (QED) is 0.825. The molecule has 0 atom stereocenters. The van der Waals surface area contributed by atoms with Crippen LogP contribution in [0.5, 0.6) is 5.75 Å². The first-order valence-corrected chi connectivity index (χ1v) is 10.5. The fourth-order valence-electron chi connectivity index (χ4n) is 6.16. The third kappa shape index (κ3) is 3.21. The highest BCUT2D eigenvalue weighted by Crippen LogP contribution is 2.55. The predicted octanol–water partition coefficient (Wildman–Crippen LogP) is 4.57. The molecule has 0 spiro atoms. The summed E-state index contributed by atoms with van der Waals surface area (Å²) in [5, 5.41) is 7.46. The standard InChI is InChI=1S/C23H28N2O3/c1-14-4-3-5-19(6-14)27-13-20-15(2)28-25-21(20)22(26)24-23-10-16-7-17(11-23)9-18(8-16)12-23/h3-6,16-18H,7-13H2,1-2H3,(H,24,26). The molecule has 4 saturated carbocycles. The van der Waals surface area contributed by atoms with Gasteiger partial charge in [-0.15, -0.1) is 0 Å². The van der Waals surface area contributed by atoms with Crippen LogP contribution in [0.1, 0.15) is 65.9 Å². The molecule has 1 heterocycles. The second-order valence-corrected chi connectivity index (χ2v) is 9.32. The van der Waals surface area contributed by atoms with Crippen molar-refractivity contribution in [2.24, 2.45) is 17.8 Å². The molecule has 1 amide bonds. The van der Waals surface area contributed by atoms with Crippen LogP contribution in [0.2, 0.25) is 0 Å². The Hall–Kier alpha value is -2.30. The fraction of sp³-hybridized carbons (Fsp3) is 0.565. The summed E-state index contributed by atoms with van der Waals surface area (Å²) >= 11 is 0. The third-order valence-corrected chi connectivity index (χ3v) is 6.99. The Morgan fingerprint density at radius 1 is 1.18 bits per heavy atom. The first kappa shape index (κ1) is 17.8. The molecule has 28 heavy (non-hydrogen) atoms. The van der Waals surface area contributed by atoms with E-state index in [9.17, 15) is 4.79 Å². The van der Waals surface area contributed by atoms with Gasteiger partial charge in [0.05, 0.1) is 5.56 Å². The van der Waals surface area contributed by atoms with Crippen molar-refractivity contribution >= 4 is 5.91 Å². The normalized spacial score (nSPS) is 30.4. The van der Waals surface area contributed by atoms with Gasteiger partial charge >= 0.3 is 0 Å². The van der Waals surface area contributed by atoms with Gasteiger partial charge in [0.25, 0.3) is 5.91 Å². The van der Waals surface area contributed by atoms with Crippen molar-refractivity contribution in [3.05, 3.63) is 46.8 Å². The first-order chi connectivity index (χ1) is 13.5. The van der Waals surface area contributed by atoms with E-state index in [1.54, 1.807) is 0 Å². The highest BCUT2D eigenvalue weighted by molar-refractivity contribution is 5.94. The number of carbonyl (C=O) groups is 1. The number of ether oxygens (including phenoxy) is 1. The zero-order chi connectivity index (χ0) is 19.3. The molecule has 4 bridgehead atoms. The summed E-state index contributed by atoms with van der Waals surface area (Å²) in [6, 6.07) is 7.90. The largest absolute Gasteiger partial charge is 0.489 e. The summed E-state index contributed by atoms with van der Waals surface area (Å²) in [5.74, 6) is 3.68. The molecule has 0 unspecified atom stereocenters. The van der Waals surface area contributed by atoms with Crippen LogP contribution in [0.15, 0.2) is 28.8 Å². The van der Waals surface area contributed by atoms with Gasteiger partial charge in [0, 0.05) is 5.54 Å². The Morgan fingerprint density at radius 3 is 2.50 bits per heavy atom. The Balaban J connectivity index is 1.32. The van der Waals surface area contributed by atoms with Gasteiger partial charge in [-0.3, -0.25) is 4.79 Å². The molecule has 0 radical (unpaired) electrons. The average molecular weight is 380 g/mol. The summed E-state index contributed by atoms with van der Waals surface area (Å²) < 4.78 is 11.3. The van der Waals surface area contributed by atoms with Crippen molar-refractivity contribution in [3.8, 4) is 5.75 Å². The molecule has 2 aromatic rings. The van der Waals surface area contributed by atoms with E-state index in [4.69, 9.17) is 9.26 Å². The lowest BCUT2D eigenvalue weighted by molar-refractivity contribution is -0.0168. The molecule has 1 aromatic heterocycles. The summed E-state index contributed by atoms with van der Waals surface area (Å²) in [6.45, 7) is 4.15. The van der Waals surface area contributed by atoms with Crippen LogP contribution < -0.4 is 10.1 Å². The van der Waals surface area contributed by atoms with Crippen molar-refractivity contribution in [2.75, 3.05) is 0 Å². The summed E-state index contributed by atoms with van der Waals surface area (Å²) in [5.41, 5.74) is 2.22. The molecule has 5 heteroatoms. The van der Waals surface area contributed by atoms with Gasteiger partial charge in [-0.1, -0.05) is 17.3 Å². The molecule has 148 valence electrons. The molecule has 4 aliphatic carbocycles. The molecule has 5 nitrogen and oxygen atoms in total. The molecule has 1 N–H and O–H groups in total. The number of hydrogen-bond acceptors (Lipinski definition) is 4. The Kier molecular flexibility index (Phi) is 4.22. The molecule has 6 rings (SSSR count). The van der Waals surface area contributed by atoms with Gasteiger partial charge in [-0.05, 0) is 87.8 Å². The summed E-state index contributed by atoms with van der Waals surface area (Å²) in [6.07, 6.45) is 7.43. The van der Waals surface area contributed by atoms with Crippen LogP contribution >= 0.6 is 0 Å². The smallest absolute Gasteiger partial charge is 0.274 e. The highest BCUT2D eigenvalue weighted by Gasteiger charge is 2.51. The number of carbonyl (C=O) groups excluding carboxylic acids is 1. The zero-order valence-corrected chi connectivity index (χ0v) is 16.7. The SMILES string of the molecule is Cc1cccc(OCc2c(C(=O)NC34CC5CC(CC(C5)C3)C4)noc2C)c1. The minimum absolute atomic E-state index is 0.0344. The van der Waals surface area contributed by atoms with E-state index in [2.05, 4.69) is 10.5 Å². The summed E-state index contributed by atoms with van der Waals surface area (Å²) in [7, 11) is 0. The van der Waals surface area contributed by atoms with Crippen LogP contribution in [0.25, 0.3) is 0 Å². The Labute approximate surface area is 165 Å². The number of aryl methyl sites for hydroxylation is 2. The monoisotopic (exact) mass is 380 g/mol. The van der Waals surface area contributed by atoms with E-state index >= 15 is 0 Å². The number of nitrogens with one attached hydrogen (secondary N) is 1. The van der Waals surface area contributed by atoms with Gasteiger partial charge in [0.2, 0.25) is 0 Å². The Morgan fingerprint density at radius 2 is 1.86 bits per heavy atom. The third-order valence-electron chi connectivity index (χ3n) is 6.99. The van der Waals surface area contributed by atoms with Crippen molar-refractivity contribution in [1.82, 2.24) is 10.5 Å². The van der Waals surface area contributed by atoms with E-state index in [-0.39, 0.29) is 18.1 Å².